The Morgan fingerprint density at radius 3 is 2.41 bits per heavy atom. The Hall–Kier alpha value is -2.41. The van der Waals surface area contributed by atoms with Crippen LogP contribution in [-0.2, 0) is 0 Å². The van der Waals surface area contributed by atoms with E-state index < -0.39 is 0 Å². The van der Waals surface area contributed by atoms with Crippen molar-refractivity contribution in [3.8, 4) is 0 Å². The molecule has 0 spiro atoms. The minimum Gasteiger partial charge on any atom is -0.395 e. The number of hydrogen-bond acceptors (Lipinski definition) is 4. The van der Waals surface area contributed by atoms with E-state index in [1.54, 1.807) is 28.8 Å². The van der Waals surface area contributed by atoms with E-state index in [1.165, 1.54) is 38.5 Å². The standard InChI is InChI=1S/C22H28N4O3/c27-5-4-23-20(28)17-12-26-18(2-1-3-19(26)25-17)21(29)24-13-22-9-14-6-15(10-22)8-16(7-14)11-22/h1-3,12,14-16,27H,4-11,13H2,(H,23,28)(H,24,29). The lowest BCUT2D eigenvalue weighted by Gasteiger charge is -2.56. The number of aliphatic hydroxyl groups is 1. The molecule has 0 saturated heterocycles. The molecule has 0 aromatic carbocycles. The lowest BCUT2D eigenvalue weighted by Crippen LogP contribution is -2.51. The number of fused-ring (bicyclic) bond motifs is 1. The molecule has 2 aromatic heterocycles. The molecule has 4 aliphatic rings. The van der Waals surface area contributed by atoms with E-state index in [2.05, 4.69) is 15.6 Å². The van der Waals surface area contributed by atoms with Crippen LogP contribution in [0, 0.1) is 23.2 Å². The van der Waals surface area contributed by atoms with Crippen LogP contribution in [0.3, 0.4) is 0 Å². The van der Waals surface area contributed by atoms with Crippen molar-refractivity contribution in [2.24, 2.45) is 23.2 Å². The van der Waals surface area contributed by atoms with Gasteiger partial charge in [0.2, 0.25) is 0 Å². The van der Waals surface area contributed by atoms with Gasteiger partial charge in [-0.05, 0) is 73.8 Å². The summed E-state index contributed by atoms with van der Waals surface area (Å²) in [6, 6.07) is 5.33. The number of imidazole rings is 1. The Bertz CT molecular complexity index is 915. The molecule has 2 aromatic rings. The molecule has 6 rings (SSSR count). The van der Waals surface area contributed by atoms with Crippen molar-refractivity contribution >= 4 is 17.5 Å². The molecular weight excluding hydrogens is 368 g/mol. The van der Waals surface area contributed by atoms with E-state index in [4.69, 9.17) is 5.11 Å². The van der Waals surface area contributed by atoms with Crippen molar-refractivity contribution in [1.29, 1.82) is 0 Å². The average molecular weight is 396 g/mol. The monoisotopic (exact) mass is 396 g/mol. The molecule has 7 nitrogen and oxygen atoms in total. The molecule has 2 amide bonds. The molecule has 0 radical (unpaired) electrons. The number of aliphatic hydroxyl groups excluding tert-OH is 1. The Kier molecular flexibility index (Phi) is 4.57. The van der Waals surface area contributed by atoms with Gasteiger partial charge >= 0.3 is 0 Å². The van der Waals surface area contributed by atoms with Crippen LogP contribution >= 0.6 is 0 Å². The van der Waals surface area contributed by atoms with E-state index in [1.807, 2.05) is 0 Å². The van der Waals surface area contributed by atoms with Gasteiger partial charge in [0, 0.05) is 19.3 Å². The summed E-state index contributed by atoms with van der Waals surface area (Å²) in [5.41, 5.74) is 1.56. The molecule has 4 bridgehead atoms. The average Bonchev–Trinajstić information content (AvgIpc) is 3.14. The molecule has 0 aliphatic heterocycles. The maximum Gasteiger partial charge on any atom is 0.271 e. The molecule has 154 valence electrons. The predicted molar refractivity (Wildman–Crippen MR) is 108 cm³/mol. The summed E-state index contributed by atoms with van der Waals surface area (Å²) in [5, 5.41) is 14.7. The van der Waals surface area contributed by atoms with Crippen molar-refractivity contribution < 1.29 is 14.7 Å². The van der Waals surface area contributed by atoms with E-state index in [0.29, 0.717) is 11.3 Å². The van der Waals surface area contributed by atoms with Crippen LogP contribution in [0.2, 0.25) is 0 Å². The molecule has 0 atom stereocenters. The minimum atomic E-state index is -0.359. The van der Waals surface area contributed by atoms with Gasteiger partial charge in [-0.15, -0.1) is 0 Å². The van der Waals surface area contributed by atoms with Crippen LogP contribution in [0.5, 0.6) is 0 Å². The first-order valence-electron chi connectivity index (χ1n) is 10.7. The highest BCUT2D eigenvalue weighted by atomic mass is 16.3. The molecule has 3 N–H and O–H groups in total. The van der Waals surface area contributed by atoms with Crippen LogP contribution in [0.25, 0.3) is 5.65 Å². The number of amides is 2. The molecular formula is C22H28N4O3. The van der Waals surface area contributed by atoms with Gasteiger partial charge in [-0.2, -0.15) is 0 Å². The van der Waals surface area contributed by atoms with Crippen LogP contribution in [0.15, 0.2) is 24.4 Å². The third-order valence-corrected chi connectivity index (χ3v) is 7.14. The van der Waals surface area contributed by atoms with Gasteiger partial charge in [-0.3, -0.25) is 14.0 Å². The van der Waals surface area contributed by atoms with Gasteiger partial charge in [-0.1, -0.05) is 6.07 Å². The van der Waals surface area contributed by atoms with Gasteiger partial charge in [0.05, 0.1) is 6.61 Å². The van der Waals surface area contributed by atoms with E-state index in [-0.39, 0.29) is 36.1 Å². The number of nitrogens with one attached hydrogen (secondary N) is 2. The van der Waals surface area contributed by atoms with Crippen LogP contribution < -0.4 is 10.6 Å². The van der Waals surface area contributed by atoms with Gasteiger partial charge in [0.1, 0.15) is 17.0 Å². The third kappa shape index (κ3) is 3.41. The molecule has 4 aliphatic carbocycles. The van der Waals surface area contributed by atoms with Crippen LogP contribution in [0.4, 0.5) is 0 Å². The van der Waals surface area contributed by atoms with Crippen molar-refractivity contribution in [2.45, 2.75) is 38.5 Å². The maximum atomic E-state index is 13.0. The first-order valence-corrected chi connectivity index (χ1v) is 10.7. The summed E-state index contributed by atoms with van der Waals surface area (Å²) < 4.78 is 1.67. The van der Waals surface area contributed by atoms with E-state index >= 15 is 0 Å². The summed E-state index contributed by atoms with van der Waals surface area (Å²) in [7, 11) is 0. The number of nitrogens with zero attached hydrogens (tertiary/aromatic N) is 2. The molecule has 0 unspecified atom stereocenters. The summed E-state index contributed by atoms with van der Waals surface area (Å²) in [5.74, 6) is 2.09. The largest absolute Gasteiger partial charge is 0.395 e. The van der Waals surface area contributed by atoms with Crippen LogP contribution in [-0.4, -0.2) is 46.0 Å². The Morgan fingerprint density at radius 1 is 1.07 bits per heavy atom. The fourth-order valence-electron chi connectivity index (χ4n) is 6.43. The van der Waals surface area contributed by atoms with Crippen molar-refractivity contribution in [3.05, 3.63) is 35.8 Å². The molecule has 4 saturated carbocycles. The van der Waals surface area contributed by atoms with Crippen molar-refractivity contribution in [2.75, 3.05) is 19.7 Å². The highest BCUT2D eigenvalue weighted by Crippen LogP contribution is 2.59. The number of aromatic nitrogens is 2. The number of carbonyl (C=O) groups excluding carboxylic acids is 2. The summed E-state index contributed by atoms with van der Waals surface area (Å²) >= 11 is 0. The number of rotatable bonds is 6. The molecule has 4 fully saturated rings. The first-order chi connectivity index (χ1) is 14.0. The highest BCUT2D eigenvalue weighted by molar-refractivity contribution is 5.95. The smallest absolute Gasteiger partial charge is 0.271 e. The predicted octanol–water partition coefficient (Wildman–Crippen LogP) is 2.00. The Balaban J connectivity index is 1.32. The van der Waals surface area contributed by atoms with E-state index in [9.17, 15) is 9.59 Å². The third-order valence-electron chi connectivity index (χ3n) is 7.14. The maximum absolute atomic E-state index is 13.0. The summed E-state index contributed by atoms with van der Waals surface area (Å²) in [6.07, 6.45) is 9.52. The number of pyridine rings is 1. The zero-order valence-corrected chi connectivity index (χ0v) is 16.6. The topological polar surface area (TPSA) is 95.7 Å². The number of hydrogen-bond donors (Lipinski definition) is 3. The Morgan fingerprint density at radius 2 is 1.76 bits per heavy atom. The zero-order valence-electron chi connectivity index (χ0n) is 16.6. The normalized spacial score (nSPS) is 29.9. The minimum absolute atomic E-state index is 0.119. The van der Waals surface area contributed by atoms with E-state index in [0.717, 1.165) is 24.3 Å². The highest BCUT2D eigenvalue weighted by Gasteiger charge is 2.50. The van der Waals surface area contributed by atoms with Gasteiger partial charge in [0.15, 0.2) is 0 Å². The second-order valence-electron chi connectivity index (χ2n) is 9.35. The second-order valence-corrected chi connectivity index (χ2v) is 9.35. The van der Waals surface area contributed by atoms with Gasteiger partial charge < -0.3 is 15.7 Å². The lowest BCUT2D eigenvalue weighted by molar-refractivity contribution is -0.0503. The fraction of sp³-hybridized carbons (Fsp3) is 0.591. The summed E-state index contributed by atoms with van der Waals surface area (Å²) in [6.45, 7) is 0.784. The number of carbonyl (C=O) groups is 2. The Labute approximate surface area is 169 Å². The first kappa shape index (κ1) is 18.6. The van der Waals surface area contributed by atoms with Crippen molar-refractivity contribution in [1.82, 2.24) is 20.0 Å². The van der Waals surface area contributed by atoms with Gasteiger partial charge in [0.25, 0.3) is 11.8 Å². The summed E-state index contributed by atoms with van der Waals surface area (Å²) in [4.78, 5) is 29.5. The quantitative estimate of drug-likeness (QED) is 0.696. The second kappa shape index (κ2) is 7.13. The molecule has 29 heavy (non-hydrogen) atoms. The zero-order chi connectivity index (χ0) is 20.0. The molecule has 7 heteroatoms. The van der Waals surface area contributed by atoms with Crippen LogP contribution in [0.1, 0.15) is 59.5 Å². The fourth-order valence-corrected chi connectivity index (χ4v) is 6.43. The SMILES string of the molecule is O=C(NCCO)c1cn2c(C(=O)NCC34CC5CC(CC(C5)C3)C4)cccc2n1. The molecule has 2 heterocycles. The van der Waals surface area contributed by atoms with Gasteiger partial charge in [-0.25, -0.2) is 4.98 Å². The van der Waals surface area contributed by atoms with Crippen molar-refractivity contribution in [3.63, 3.8) is 0 Å². The lowest BCUT2D eigenvalue weighted by atomic mass is 9.49.